The van der Waals surface area contributed by atoms with E-state index in [9.17, 15) is 5.11 Å². The number of nitrogens with zero attached hydrogens (tertiary/aromatic N) is 1. The number of hydrogen-bond donors (Lipinski definition) is 2. The highest BCUT2D eigenvalue weighted by Crippen LogP contribution is 2.22. The van der Waals surface area contributed by atoms with E-state index in [-0.39, 0.29) is 12.5 Å². The Bertz CT molecular complexity index is 422. The zero-order valence-electron chi connectivity index (χ0n) is 11.7. The number of β-amino-alcohol motifs (C(OH)–C–C–N with tert-alkyl or cyclic N) is 1. The number of aliphatic hydroxyl groups excluding tert-OH is 2. The van der Waals surface area contributed by atoms with E-state index < -0.39 is 6.10 Å². The molecule has 0 bridgehead atoms. The zero-order valence-corrected chi connectivity index (χ0v) is 11.7. The van der Waals surface area contributed by atoms with Crippen molar-refractivity contribution in [3.8, 4) is 5.75 Å². The second-order valence-corrected chi connectivity index (χ2v) is 5.34. The normalized spacial score (nSPS) is 24.4. The van der Waals surface area contributed by atoms with Crippen molar-refractivity contribution in [2.75, 3.05) is 26.8 Å². The standard InChI is InChI=1S/C15H23NO3/c1-11-3-4-12(7-15(11)19-2)8-16-6-5-13(10-17)14(18)9-16/h3-4,7,13-14,17-18H,5-6,8-10H2,1-2H3/t13-,14+/m1/s1. The Morgan fingerprint density at radius 2 is 2.21 bits per heavy atom. The molecule has 0 aliphatic carbocycles. The molecule has 0 spiro atoms. The lowest BCUT2D eigenvalue weighted by molar-refractivity contribution is -0.00445. The number of aryl methyl sites for hydroxylation is 1. The maximum atomic E-state index is 9.94. The van der Waals surface area contributed by atoms with Crippen molar-refractivity contribution in [1.82, 2.24) is 4.90 Å². The van der Waals surface area contributed by atoms with E-state index in [2.05, 4.69) is 23.1 Å². The summed E-state index contributed by atoms with van der Waals surface area (Å²) in [5.41, 5.74) is 2.32. The third-order valence-electron chi connectivity index (χ3n) is 3.92. The van der Waals surface area contributed by atoms with Gasteiger partial charge < -0.3 is 14.9 Å². The molecule has 1 heterocycles. The number of ether oxygens (including phenoxy) is 1. The van der Waals surface area contributed by atoms with Gasteiger partial charge in [-0.2, -0.15) is 0 Å². The van der Waals surface area contributed by atoms with Crippen LogP contribution in [0.15, 0.2) is 18.2 Å². The molecule has 0 aromatic heterocycles. The Morgan fingerprint density at radius 1 is 1.42 bits per heavy atom. The van der Waals surface area contributed by atoms with Gasteiger partial charge in [-0.1, -0.05) is 12.1 Å². The summed E-state index contributed by atoms with van der Waals surface area (Å²) in [5.74, 6) is 0.937. The largest absolute Gasteiger partial charge is 0.496 e. The molecule has 1 aromatic rings. The third-order valence-corrected chi connectivity index (χ3v) is 3.92. The van der Waals surface area contributed by atoms with E-state index in [4.69, 9.17) is 9.84 Å². The molecule has 1 aliphatic rings. The van der Waals surface area contributed by atoms with Crippen molar-refractivity contribution in [2.24, 2.45) is 5.92 Å². The van der Waals surface area contributed by atoms with Crippen molar-refractivity contribution in [3.05, 3.63) is 29.3 Å². The molecule has 0 saturated carbocycles. The quantitative estimate of drug-likeness (QED) is 0.858. The minimum atomic E-state index is -0.425. The van der Waals surface area contributed by atoms with Crippen LogP contribution in [-0.4, -0.2) is 48.0 Å². The minimum absolute atomic E-state index is 0.0313. The van der Waals surface area contributed by atoms with Crippen LogP contribution in [0.3, 0.4) is 0 Å². The number of hydrogen-bond acceptors (Lipinski definition) is 4. The van der Waals surface area contributed by atoms with Gasteiger partial charge in [-0.3, -0.25) is 4.90 Å². The number of rotatable bonds is 4. The lowest BCUT2D eigenvalue weighted by atomic mass is 9.94. The van der Waals surface area contributed by atoms with Crippen molar-refractivity contribution in [3.63, 3.8) is 0 Å². The molecule has 0 amide bonds. The summed E-state index contributed by atoms with van der Waals surface area (Å²) < 4.78 is 5.33. The summed E-state index contributed by atoms with van der Waals surface area (Å²) in [4.78, 5) is 2.22. The van der Waals surface area contributed by atoms with Crippen LogP contribution in [0, 0.1) is 12.8 Å². The van der Waals surface area contributed by atoms with Gasteiger partial charge in [0, 0.05) is 25.6 Å². The molecule has 1 aliphatic heterocycles. The Kier molecular flexibility index (Phi) is 4.80. The fourth-order valence-corrected chi connectivity index (χ4v) is 2.62. The predicted molar refractivity (Wildman–Crippen MR) is 74.2 cm³/mol. The van der Waals surface area contributed by atoms with Crippen LogP contribution in [0.1, 0.15) is 17.5 Å². The van der Waals surface area contributed by atoms with Gasteiger partial charge in [0.2, 0.25) is 0 Å². The van der Waals surface area contributed by atoms with Gasteiger partial charge in [-0.05, 0) is 37.1 Å². The van der Waals surface area contributed by atoms with E-state index in [0.29, 0.717) is 6.54 Å². The van der Waals surface area contributed by atoms with Gasteiger partial charge in [-0.15, -0.1) is 0 Å². The molecule has 2 N–H and O–H groups in total. The maximum Gasteiger partial charge on any atom is 0.122 e. The highest BCUT2D eigenvalue weighted by atomic mass is 16.5. The third kappa shape index (κ3) is 3.47. The molecule has 106 valence electrons. The first-order valence-corrected chi connectivity index (χ1v) is 6.79. The van der Waals surface area contributed by atoms with Crippen molar-refractivity contribution in [2.45, 2.75) is 26.0 Å². The second-order valence-electron chi connectivity index (χ2n) is 5.34. The van der Waals surface area contributed by atoms with E-state index >= 15 is 0 Å². The molecule has 1 fully saturated rings. The van der Waals surface area contributed by atoms with Gasteiger partial charge >= 0.3 is 0 Å². The van der Waals surface area contributed by atoms with E-state index in [1.54, 1.807) is 7.11 Å². The monoisotopic (exact) mass is 265 g/mol. The van der Waals surface area contributed by atoms with Gasteiger partial charge in [-0.25, -0.2) is 0 Å². The minimum Gasteiger partial charge on any atom is -0.496 e. The van der Waals surface area contributed by atoms with Crippen LogP contribution in [0.4, 0.5) is 0 Å². The Balaban J connectivity index is 1.98. The Hall–Kier alpha value is -1.10. The first kappa shape index (κ1) is 14.3. The summed E-state index contributed by atoms with van der Waals surface area (Å²) in [6.45, 7) is 4.46. The van der Waals surface area contributed by atoms with Crippen molar-refractivity contribution < 1.29 is 14.9 Å². The van der Waals surface area contributed by atoms with Crippen molar-refractivity contribution in [1.29, 1.82) is 0 Å². The molecule has 19 heavy (non-hydrogen) atoms. The van der Waals surface area contributed by atoms with E-state index in [1.807, 2.05) is 6.92 Å². The van der Waals surface area contributed by atoms with Crippen LogP contribution in [0.25, 0.3) is 0 Å². The van der Waals surface area contributed by atoms with Crippen LogP contribution in [-0.2, 0) is 6.54 Å². The van der Waals surface area contributed by atoms with Gasteiger partial charge in [0.25, 0.3) is 0 Å². The van der Waals surface area contributed by atoms with Crippen molar-refractivity contribution >= 4 is 0 Å². The van der Waals surface area contributed by atoms with E-state index in [1.165, 1.54) is 5.56 Å². The topological polar surface area (TPSA) is 52.9 Å². The number of likely N-dealkylation sites (tertiary alicyclic amines) is 1. The SMILES string of the molecule is COc1cc(CN2CC[C@H](CO)[C@@H](O)C2)ccc1C. The Morgan fingerprint density at radius 3 is 2.84 bits per heavy atom. The summed E-state index contributed by atoms with van der Waals surface area (Å²) in [5, 5.41) is 19.1. The van der Waals surface area contributed by atoms with Crippen LogP contribution in [0.5, 0.6) is 5.75 Å². The lowest BCUT2D eigenvalue weighted by Gasteiger charge is -2.35. The zero-order chi connectivity index (χ0) is 13.8. The second kappa shape index (κ2) is 6.37. The summed E-state index contributed by atoms with van der Waals surface area (Å²) in [6, 6.07) is 6.22. The first-order valence-electron chi connectivity index (χ1n) is 6.79. The van der Waals surface area contributed by atoms with Gasteiger partial charge in [0.05, 0.1) is 13.2 Å². The van der Waals surface area contributed by atoms with Gasteiger partial charge in [0.15, 0.2) is 0 Å². The maximum absolute atomic E-state index is 9.94. The molecule has 2 atom stereocenters. The molecular formula is C15H23NO3. The summed E-state index contributed by atoms with van der Waals surface area (Å²) in [6.07, 6.45) is 0.423. The molecule has 4 nitrogen and oxygen atoms in total. The first-order chi connectivity index (χ1) is 9.13. The number of aliphatic hydroxyl groups is 2. The fourth-order valence-electron chi connectivity index (χ4n) is 2.62. The van der Waals surface area contributed by atoms with Gasteiger partial charge in [0.1, 0.15) is 5.75 Å². The average Bonchev–Trinajstić information content (AvgIpc) is 2.41. The molecule has 1 saturated heterocycles. The highest BCUT2D eigenvalue weighted by molar-refractivity contribution is 5.36. The summed E-state index contributed by atoms with van der Waals surface area (Å²) >= 11 is 0. The molecule has 0 radical (unpaired) electrons. The molecule has 1 aromatic carbocycles. The number of methoxy groups -OCH3 is 1. The summed E-state index contributed by atoms with van der Waals surface area (Å²) in [7, 11) is 1.68. The molecule has 0 unspecified atom stereocenters. The van der Waals surface area contributed by atoms with Crippen LogP contribution in [0.2, 0.25) is 0 Å². The number of piperidine rings is 1. The smallest absolute Gasteiger partial charge is 0.122 e. The lowest BCUT2D eigenvalue weighted by Crippen LogP contribution is -2.44. The predicted octanol–water partition coefficient (Wildman–Crippen LogP) is 1.18. The molecule has 4 heteroatoms. The van der Waals surface area contributed by atoms with Crippen LogP contribution < -0.4 is 4.74 Å². The Labute approximate surface area is 114 Å². The molecular weight excluding hydrogens is 242 g/mol. The van der Waals surface area contributed by atoms with E-state index in [0.717, 1.165) is 30.8 Å². The average molecular weight is 265 g/mol. The number of benzene rings is 1. The fraction of sp³-hybridized carbons (Fsp3) is 0.600. The molecule has 2 rings (SSSR count). The highest BCUT2D eigenvalue weighted by Gasteiger charge is 2.26. The van der Waals surface area contributed by atoms with Crippen LogP contribution >= 0.6 is 0 Å².